The Hall–Kier alpha value is -4.98. The van der Waals surface area contributed by atoms with Crippen LogP contribution in [-0.2, 0) is 22.7 Å². The van der Waals surface area contributed by atoms with Crippen LogP contribution < -0.4 is 15.0 Å². The van der Waals surface area contributed by atoms with E-state index < -0.39 is 57.1 Å². The molecule has 2 N–H and O–H groups in total. The van der Waals surface area contributed by atoms with Crippen LogP contribution in [0.4, 0.5) is 22.0 Å². The summed E-state index contributed by atoms with van der Waals surface area (Å²) >= 11 is 0. The molecule has 0 aliphatic rings. The average Bonchev–Trinajstić information content (AvgIpc) is 3.27. The molecule has 0 aliphatic carbocycles. The number of aromatic nitrogens is 2. The number of methoxy groups -OCH3 is 1. The lowest BCUT2D eigenvalue weighted by Crippen LogP contribution is -2.33. The molecule has 2 aromatic heterocycles. The molecule has 0 saturated carbocycles. The number of rotatable bonds is 7. The summed E-state index contributed by atoms with van der Waals surface area (Å²) in [6.07, 6.45) is -3.56. The Bertz CT molecular complexity index is 2030. The minimum absolute atomic E-state index is 0.0537. The highest BCUT2D eigenvalue weighted by Gasteiger charge is 2.34. The van der Waals surface area contributed by atoms with Crippen LogP contribution in [-0.4, -0.2) is 31.0 Å². The van der Waals surface area contributed by atoms with Gasteiger partial charge in [-0.15, -0.1) is 0 Å². The normalized spacial score (nSPS) is 12.0. The quantitative estimate of drug-likeness (QED) is 0.236. The molecule has 0 aliphatic heterocycles. The molecule has 5 aromatic rings. The number of pyridine rings is 1. The van der Waals surface area contributed by atoms with Gasteiger partial charge >= 0.3 is 6.18 Å². The van der Waals surface area contributed by atoms with Gasteiger partial charge in [0.15, 0.2) is 0 Å². The number of amides is 1. The van der Waals surface area contributed by atoms with E-state index in [-0.39, 0.29) is 32.5 Å². The molecular weight excluding hydrogens is 597 g/mol. The van der Waals surface area contributed by atoms with Crippen molar-refractivity contribution < 1.29 is 39.9 Å². The molecule has 8 nitrogen and oxygen atoms in total. The van der Waals surface area contributed by atoms with Crippen LogP contribution >= 0.6 is 0 Å². The van der Waals surface area contributed by atoms with E-state index in [0.717, 1.165) is 41.0 Å². The van der Waals surface area contributed by atoms with Crippen molar-refractivity contribution in [1.29, 1.82) is 0 Å². The second-order valence-corrected chi connectivity index (χ2v) is 11.0. The van der Waals surface area contributed by atoms with E-state index in [1.54, 1.807) is 0 Å². The number of ether oxygens (including phenoxy) is 1. The average molecular weight is 618 g/mol. The Morgan fingerprint density at radius 3 is 2.35 bits per heavy atom. The summed E-state index contributed by atoms with van der Waals surface area (Å²) in [5.41, 5.74) is -3.26. The summed E-state index contributed by atoms with van der Waals surface area (Å²) in [7, 11) is -3.21. The monoisotopic (exact) mass is 617 g/mol. The third-order valence-corrected chi connectivity index (χ3v) is 7.98. The summed E-state index contributed by atoms with van der Waals surface area (Å²) in [6.45, 7) is -0.538. The zero-order valence-corrected chi connectivity index (χ0v) is 22.8. The third kappa shape index (κ3) is 5.73. The van der Waals surface area contributed by atoms with Crippen LogP contribution in [0.5, 0.6) is 5.75 Å². The zero-order chi connectivity index (χ0) is 31.1. The first-order valence-electron chi connectivity index (χ1n) is 12.4. The number of halogens is 5. The molecule has 14 heteroatoms. The molecule has 0 unspecified atom stereocenters. The van der Waals surface area contributed by atoms with Crippen LogP contribution in [0.1, 0.15) is 21.6 Å². The van der Waals surface area contributed by atoms with Gasteiger partial charge in [-0.3, -0.25) is 9.59 Å². The van der Waals surface area contributed by atoms with Gasteiger partial charge in [-0.25, -0.2) is 21.9 Å². The molecule has 222 valence electrons. The van der Waals surface area contributed by atoms with Gasteiger partial charge in [0.1, 0.15) is 23.1 Å². The number of carbonyl (C=O) groups is 1. The fourth-order valence-electron chi connectivity index (χ4n) is 4.63. The first kappa shape index (κ1) is 29.5. The number of aromatic amines is 1. The van der Waals surface area contributed by atoms with Crippen LogP contribution in [0.25, 0.3) is 22.0 Å². The fourth-order valence-corrected chi connectivity index (χ4v) is 5.58. The molecule has 5 rings (SSSR count). The van der Waals surface area contributed by atoms with Crippen molar-refractivity contribution in [1.82, 2.24) is 14.3 Å². The molecule has 2 heterocycles. The molecule has 0 spiro atoms. The minimum atomic E-state index is -4.82. The van der Waals surface area contributed by atoms with Gasteiger partial charge in [0.25, 0.3) is 21.5 Å². The van der Waals surface area contributed by atoms with Gasteiger partial charge in [0.2, 0.25) is 0 Å². The summed E-state index contributed by atoms with van der Waals surface area (Å²) in [6, 6.07) is 12.7. The van der Waals surface area contributed by atoms with Gasteiger partial charge in [0.05, 0.1) is 24.1 Å². The van der Waals surface area contributed by atoms with Crippen molar-refractivity contribution in [2.45, 2.75) is 17.6 Å². The number of sulfonamides is 1. The summed E-state index contributed by atoms with van der Waals surface area (Å²) < 4.78 is 104. The van der Waals surface area contributed by atoms with E-state index in [9.17, 15) is 40.0 Å². The first-order valence-corrected chi connectivity index (χ1v) is 13.8. The lowest BCUT2D eigenvalue weighted by Gasteiger charge is -2.14. The number of benzene rings is 3. The Balaban J connectivity index is 1.79. The highest BCUT2D eigenvalue weighted by molar-refractivity contribution is 7.90. The van der Waals surface area contributed by atoms with Crippen LogP contribution in [0.15, 0.2) is 88.7 Å². The Labute approximate surface area is 240 Å². The predicted molar refractivity (Wildman–Crippen MR) is 146 cm³/mol. The van der Waals surface area contributed by atoms with Crippen LogP contribution in [0.2, 0.25) is 0 Å². The van der Waals surface area contributed by atoms with E-state index >= 15 is 0 Å². The number of nitrogens with one attached hydrogen (secondary N) is 2. The van der Waals surface area contributed by atoms with E-state index in [1.165, 1.54) is 37.6 Å². The molecular formula is C29H20F5N3O5S. The Morgan fingerprint density at radius 1 is 1.00 bits per heavy atom. The van der Waals surface area contributed by atoms with Crippen molar-refractivity contribution in [3.05, 3.63) is 118 Å². The number of H-pyrrole nitrogens is 1. The van der Waals surface area contributed by atoms with E-state index in [4.69, 9.17) is 4.74 Å². The first-order chi connectivity index (χ1) is 20.3. The third-order valence-electron chi connectivity index (χ3n) is 6.63. The molecule has 1 amide bonds. The fraction of sp³-hybridized carbons (Fsp3) is 0.103. The summed E-state index contributed by atoms with van der Waals surface area (Å²) in [5, 5.41) is -0.235. The number of hydrogen-bond acceptors (Lipinski definition) is 5. The van der Waals surface area contributed by atoms with Gasteiger partial charge in [-0.2, -0.15) is 13.2 Å². The standard InChI is InChI=1S/C29H20F5N3O5S/c1-42-19-7-9-20(10-8-19)43(40,41)36-28(39)26-25(21-3-2-12-35-27(21)38)22-13-17(29(32,33)34)5-11-24(22)37(26)15-16-4-6-18(30)14-23(16)31/h2-14H,15H2,1H3,(H,35,38)(H,36,39). The number of alkyl halides is 3. The smallest absolute Gasteiger partial charge is 0.416 e. The van der Waals surface area contributed by atoms with E-state index in [2.05, 4.69) is 4.98 Å². The number of hydrogen-bond donors (Lipinski definition) is 2. The van der Waals surface area contributed by atoms with Crippen LogP contribution in [0.3, 0.4) is 0 Å². The largest absolute Gasteiger partial charge is 0.497 e. The Morgan fingerprint density at radius 2 is 1.72 bits per heavy atom. The molecule has 0 radical (unpaired) electrons. The minimum Gasteiger partial charge on any atom is -0.497 e. The molecule has 0 saturated heterocycles. The van der Waals surface area contributed by atoms with Crippen molar-refractivity contribution in [3.63, 3.8) is 0 Å². The maximum Gasteiger partial charge on any atom is 0.416 e. The van der Waals surface area contributed by atoms with E-state index in [0.29, 0.717) is 17.9 Å². The molecule has 0 bridgehead atoms. The second kappa shape index (κ2) is 11.0. The lowest BCUT2D eigenvalue weighted by molar-refractivity contribution is -0.137. The van der Waals surface area contributed by atoms with Gasteiger partial charge < -0.3 is 14.3 Å². The topological polar surface area (TPSA) is 110 Å². The zero-order valence-electron chi connectivity index (χ0n) is 22.0. The highest BCUT2D eigenvalue weighted by atomic mass is 32.2. The van der Waals surface area contributed by atoms with Crippen molar-refractivity contribution in [3.8, 4) is 16.9 Å². The van der Waals surface area contributed by atoms with Crippen molar-refractivity contribution >= 4 is 26.8 Å². The highest BCUT2D eigenvalue weighted by Crippen LogP contribution is 2.39. The molecule has 0 fully saturated rings. The maximum absolute atomic E-state index is 14.8. The molecule has 43 heavy (non-hydrogen) atoms. The van der Waals surface area contributed by atoms with Gasteiger partial charge in [-0.05, 0) is 60.7 Å². The summed E-state index contributed by atoms with van der Waals surface area (Å²) in [4.78, 5) is 28.8. The number of nitrogens with zero attached hydrogens (tertiary/aromatic N) is 1. The van der Waals surface area contributed by atoms with E-state index in [1.807, 2.05) is 4.72 Å². The van der Waals surface area contributed by atoms with Gasteiger partial charge in [-0.1, -0.05) is 6.07 Å². The SMILES string of the molecule is COc1ccc(S(=O)(=O)NC(=O)c2c(-c3ccc[nH]c3=O)c3cc(C(F)(F)F)ccc3n2Cc2ccc(F)cc2F)cc1. The summed E-state index contributed by atoms with van der Waals surface area (Å²) in [5.74, 6) is -2.90. The molecule has 3 aromatic carbocycles. The maximum atomic E-state index is 14.8. The van der Waals surface area contributed by atoms with Gasteiger partial charge in [0, 0.05) is 39.9 Å². The lowest BCUT2D eigenvalue weighted by atomic mass is 10.0. The van der Waals surface area contributed by atoms with Crippen molar-refractivity contribution in [2.24, 2.45) is 0 Å². The Kier molecular flexibility index (Phi) is 7.56. The molecule has 0 atom stereocenters. The van der Waals surface area contributed by atoms with Crippen molar-refractivity contribution in [2.75, 3.05) is 7.11 Å². The second-order valence-electron chi connectivity index (χ2n) is 9.30. The number of carbonyl (C=O) groups excluding carboxylic acids is 1. The van der Waals surface area contributed by atoms with Crippen LogP contribution in [0, 0.1) is 11.6 Å². The number of fused-ring (bicyclic) bond motifs is 1. The predicted octanol–water partition coefficient (Wildman–Crippen LogP) is 5.47.